The van der Waals surface area contributed by atoms with Gasteiger partial charge in [0.2, 0.25) is 5.91 Å². The molecule has 26 heavy (non-hydrogen) atoms. The second-order valence-electron chi connectivity index (χ2n) is 6.34. The fraction of sp³-hybridized carbons (Fsp3) is 0.333. The molecule has 3 rings (SSSR count). The van der Waals surface area contributed by atoms with E-state index in [2.05, 4.69) is 15.3 Å². The third kappa shape index (κ3) is 4.15. The maximum Gasteiger partial charge on any atom is 0.328 e. The maximum absolute atomic E-state index is 11.7. The first-order valence-electron chi connectivity index (χ1n) is 8.33. The fourth-order valence-corrected chi connectivity index (χ4v) is 3.14. The van der Waals surface area contributed by atoms with Crippen molar-refractivity contribution in [2.45, 2.75) is 18.4 Å². The number of amides is 1. The van der Waals surface area contributed by atoms with E-state index < -0.39 is 17.5 Å². The molecule has 0 radical (unpaired) electrons. The highest BCUT2D eigenvalue weighted by Gasteiger charge is 2.34. The molecule has 8 heteroatoms. The number of hydrogen-bond donors (Lipinski definition) is 3. The predicted molar refractivity (Wildman–Crippen MR) is 95.7 cm³/mol. The molecule has 2 aromatic rings. The van der Waals surface area contributed by atoms with Crippen molar-refractivity contribution in [3.05, 3.63) is 42.7 Å². The van der Waals surface area contributed by atoms with Crippen molar-refractivity contribution in [2.75, 3.05) is 24.5 Å². The second kappa shape index (κ2) is 7.49. The van der Waals surface area contributed by atoms with E-state index in [0.29, 0.717) is 13.0 Å². The number of aliphatic hydroxyl groups is 1. The van der Waals surface area contributed by atoms with Gasteiger partial charge >= 0.3 is 5.97 Å². The molecule has 1 fully saturated rings. The van der Waals surface area contributed by atoms with E-state index in [0.717, 1.165) is 41.8 Å². The summed E-state index contributed by atoms with van der Waals surface area (Å²) in [5, 5.41) is 22.0. The number of rotatable bonds is 5. The lowest BCUT2D eigenvalue weighted by Crippen LogP contribution is -2.54. The van der Waals surface area contributed by atoms with Crippen LogP contribution in [0.2, 0.25) is 0 Å². The average Bonchev–Trinajstić information content (AvgIpc) is 2.64. The van der Waals surface area contributed by atoms with Crippen molar-refractivity contribution >= 4 is 28.6 Å². The third-order valence-corrected chi connectivity index (χ3v) is 4.34. The monoisotopic (exact) mass is 356 g/mol. The molecule has 0 saturated carbocycles. The maximum atomic E-state index is 11.7. The van der Waals surface area contributed by atoms with E-state index in [1.165, 1.54) is 0 Å². The van der Waals surface area contributed by atoms with Gasteiger partial charge in [0, 0.05) is 44.2 Å². The zero-order valence-electron chi connectivity index (χ0n) is 14.1. The topological polar surface area (TPSA) is 116 Å². The molecule has 0 spiro atoms. The van der Waals surface area contributed by atoms with Gasteiger partial charge in [-0.15, -0.1) is 0 Å². The van der Waals surface area contributed by atoms with Crippen molar-refractivity contribution < 1.29 is 19.8 Å². The summed E-state index contributed by atoms with van der Waals surface area (Å²) >= 11 is 0. The summed E-state index contributed by atoms with van der Waals surface area (Å²) in [6.45, 7) is 1.15. The number of piperidine rings is 1. The first-order chi connectivity index (χ1) is 12.5. The molecule has 0 aromatic carbocycles. The molecule has 2 aromatic heterocycles. The van der Waals surface area contributed by atoms with Crippen LogP contribution < -0.4 is 10.2 Å². The second-order valence-corrected chi connectivity index (χ2v) is 6.34. The summed E-state index contributed by atoms with van der Waals surface area (Å²) in [5.41, 5.74) is 1.35. The Kier molecular flexibility index (Phi) is 5.13. The van der Waals surface area contributed by atoms with Gasteiger partial charge in [0.15, 0.2) is 0 Å². The molecule has 0 bridgehead atoms. The summed E-state index contributed by atoms with van der Waals surface area (Å²) in [4.78, 5) is 32.8. The van der Waals surface area contributed by atoms with Crippen LogP contribution in [0.1, 0.15) is 12.8 Å². The van der Waals surface area contributed by atoms with Crippen molar-refractivity contribution in [1.29, 1.82) is 0 Å². The van der Waals surface area contributed by atoms with Crippen LogP contribution in [-0.4, -0.2) is 57.3 Å². The number of aliphatic carboxylic acids is 1. The van der Waals surface area contributed by atoms with Crippen LogP contribution in [0.4, 0.5) is 5.69 Å². The summed E-state index contributed by atoms with van der Waals surface area (Å²) in [6, 6.07) is 5.58. The van der Waals surface area contributed by atoms with E-state index in [4.69, 9.17) is 5.11 Å². The lowest BCUT2D eigenvalue weighted by atomic mass is 9.92. The van der Waals surface area contributed by atoms with Gasteiger partial charge in [-0.2, -0.15) is 0 Å². The molecular weight excluding hydrogens is 336 g/mol. The standard InChI is InChI=1S/C18H20N4O4/c23-15(4-5-16(24)25)21-11-18(26)7-2-10-22(12-18)14-6-9-19-13-3-1-8-20-17(13)14/h1,3-6,8-9,26H,2,7,10-12H2,(H,21,23)(H,24,25)/b5-4+. The highest BCUT2D eigenvalue weighted by Crippen LogP contribution is 2.29. The predicted octanol–water partition coefficient (Wildman–Crippen LogP) is 0.718. The van der Waals surface area contributed by atoms with E-state index in [1.54, 1.807) is 12.4 Å². The highest BCUT2D eigenvalue weighted by atomic mass is 16.4. The van der Waals surface area contributed by atoms with Crippen molar-refractivity contribution in [3.63, 3.8) is 0 Å². The van der Waals surface area contributed by atoms with E-state index >= 15 is 0 Å². The van der Waals surface area contributed by atoms with Gasteiger partial charge in [-0.25, -0.2) is 4.79 Å². The van der Waals surface area contributed by atoms with Crippen molar-refractivity contribution in [3.8, 4) is 0 Å². The van der Waals surface area contributed by atoms with Gasteiger partial charge < -0.3 is 20.4 Å². The molecule has 1 aliphatic heterocycles. The number of nitrogens with zero attached hydrogens (tertiary/aromatic N) is 3. The van der Waals surface area contributed by atoms with Gasteiger partial charge in [0.1, 0.15) is 5.52 Å². The van der Waals surface area contributed by atoms with Crippen LogP contribution in [-0.2, 0) is 9.59 Å². The number of aromatic nitrogens is 2. The smallest absolute Gasteiger partial charge is 0.328 e. The minimum atomic E-state index is -1.19. The fourth-order valence-electron chi connectivity index (χ4n) is 3.14. The summed E-state index contributed by atoms with van der Waals surface area (Å²) in [6.07, 6.45) is 6.43. The average molecular weight is 356 g/mol. The SMILES string of the molecule is O=C(O)/C=C/C(=O)NCC1(O)CCCN(c2ccnc3cccnc23)C1. The lowest BCUT2D eigenvalue weighted by Gasteiger charge is -2.40. The van der Waals surface area contributed by atoms with E-state index in [-0.39, 0.29) is 6.54 Å². The van der Waals surface area contributed by atoms with Crippen LogP contribution in [0, 0.1) is 0 Å². The number of fused-ring (bicyclic) bond motifs is 1. The largest absolute Gasteiger partial charge is 0.478 e. The highest BCUT2D eigenvalue weighted by molar-refractivity contribution is 5.93. The number of carboxylic acid groups (broad SMARTS) is 1. The quantitative estimate of drug-likeness (QED) is 0.676. The minimum Gasteiger partial charge on any atom is -0.478 e. The molecule has 8 nitrogen and oxygen atoms in total. The normalized spacial score (nSPS) is 20.4. The Labute approximate surface area is 150 Å². The summed E-state index contributed by atoms with van der Waals surface area (Å²) in [7, 11) is 0. The molecular formula is C18H20N4O4. The Balaban J connectivity index is 1.72. The molecule has 1 saturated heterocycles. The molecule has 3 N–H and O–H groups in total. The Morgan fingerprint density at radius 1 is 1.27 bits per heavy atom. The number of anilines is 1. The lowest BCUT2D eigenvalue weighted by molar-refractivity contribution is -0.131. The molecule has 1 unspecified atom stereocenters. The first-order valence-corrected chi connectivity index (χ1v) is 8.33. The van der Waals surface area contributed by atoms with E-state index in [9.17, 15) is 14.7 Å². The van der Waals surface area contributed by atoms with Crippen LogP contribution in [0.3, 0.4) is 0 Å². The third-order valence-electron chi connectivity index (χ3n) is 4.34. The van der Waals surface area contributed by atoms with E-state index in [1.807, 2.05) is 23.1 Å². The zero-order valence-corrected chi connectivity index (χ0v) is 14.1. The Morgan fingerprint density at radius 3 is 2.92 bits per heavy atom. The molecule has 0 aliphatic carbocycles. The Morgan fingerprint density at radius 2 is 2.12 bits per heavy atom. The van der Waals surface area contributed by atoms with Crippen LogP contribution in [0.25, 0.3) is 11.0 Å². The molecule has 1 atom stereocenters. The number of carboxylic acids is 1. The first kappa shape index (κ1) is 17.8. The van der Waals surface area contributed by atoms with Crippen LogP contribution >= 0.6 is 0 Å². The number of carbonyl (C=O) groups excluding carboxylic acids is 1. The number of hydrogen-bond acceptors (Lipinski definition) is 6. The number of nitrogens with one attached hydrogen (secondary N) is 1. The number of pyridine rings is 2. The van der Waals surface area contributed by atoms with Crippen molar-refractivity contribution in [1.82, 2.24) is 15.3 Å². The van der Waals surface area contributed by atoms with Gasteiger partial charge in [0.25, 0.3) is 0 Å². The van der Waals surface area contributed by atoms with Crippen LogP contribution in [0.15, 0.2) is 42.7 Å². The Hall–Kier alpha value is -3.00. The van der Waals surface area contributed by atoms with Crippen molar-refractivity contribution in [2.24, 2.45) is 0 Å². The molecule has 3 heterocycles. The zero-order chi connectivity index (χ0) is 18.6. The molecule has 136 valence electrons. The van der Waals surface area contributed by atoms with Gasteiger partial charge in [-0.1, -0.05) is 0 Å². The number of carbonyl (C=O) groups is 2. The van der Waals surface area contributed by atoms with Gasteiger partial charge in [-0.05, 0) is 31.0 Å². The summed E-state index contributed by atoms with van der Waals surface area (Å²) < 4.78 is 0. The summed E-state index contributed by atoms with van der Waals surface area (Å²) in [5.74, 6) is -1.74. The molecule has 1 aliphatic rings. The van der Waals surface area contributed by atoms with Gasteiger partial charge in [-0.3, -0.25) is 14.8 Å². The Bertz CT molecular complexity index is 849. The number of β-amino-alcohol motifs (C(OH)–C–C–N with tert-alkyl or cyclic N) is 1. The van der Waals surface area contributed by atoms with Gasteiger partial charge in [0.05, 0.1) is 16.8 Å². The molecule has 1 amide bonds. The minimum absolute atomic E-state index is 0.0444. The van der Waals surface area contributed by atoms with Crippen LogP contribution in [0.5, 0.6) is 0 Å².